The molecule has 0 saturated heterocycles. The quantitative estimate of drug-likeness (QED) is 0.204. The Bertz CT molecular complexity index is 2060. The number of aryl methyl sites for hydroxylation is 2. The van der Waals surface area contributed by atoms with Crippen LogP contribution in [0.2, 0.25) is 0 Å². The van der Waals surface area contributed by atoms with Gasteiger partial charge < -0.3 is 14.5 Å². The molecular weight excluding hydrogens is 540 g/mol. The van der Waals surface area contributed by atoms with Gasteiger partial charge in [-0.15, -0.1) is 0 Å². The van der Waals surface area contributed by atoms with E-state index in [1.807, 2.05) is 12.3 Å². The maximum absolute atomic E-state index is 6.52. The third-order valence-corrected chi connectivity index (χ3v) is 8.79. The molecule has 6 aromatic rings. The van der Waals surface area contributed by atoms with E-state index in [0.29, 0.717) is 0 Å². The zero-order valence-electron chi connectivity index (χ0n) is 26.3. The van der Waals surface area contributed by atoms with Crippen molar-refractivity contribution in [1.82, 2.24) is 9.55 Å². The lowest BCUT2D eigenvalue weighted by Crippen LogP contribution is -2.25. The van der Waals surface area contributed by atoms with Crippen LogP contribution in [0, 0.1) is 20.8 Å². The van der Waals surface area contributed by atoms with Crippen molar-refractivity contribution >= 4 is 33.2 Å². The van der Waals surface area contributed by atoms with Crippen molar-refractivity contribution in [2.75, 3.05) is 16.5 Å². The van der Waals surface area contributed by atoms with Crippen molar-refractivity contribution < 1.29 is 4.74 Å². The van der Waals surface area contributed by atoms with E-state index in [0.717, 1.165) is 40.7 Å². The molecule has 0 spiro atoms. The largest absolute Gasteiger partial charge is 0.457 e. The number of hydrogen-bond donors (Lipinski definition) is 0. The molecule has 0 amide bonds. The van der Waals surface area contributed by atoms with Crippen LogP contribution in [0.4, 0.5) is 11.4 Å². The average Bonchev–Trinajstić information content (AvgIpc) is 3.62. The third-order valence-electron chi connectivity index (χ3n) is 8.79. The first-order chi connectivity index (χ1) is 21.2. The Morgan fingerprint density at radius 1 is 0.682 bits per heavy atom. The molecule has 7 rings (SSSR count). The molecule has 1 aliphatic heterocycles. The molecule has 0 saturated carbocycles. The maximum atomic E-state index is 6.52. The maximum Gasteiger partial charge on any atom is 0.137 e. The Kier molecular flexibility index (Phi) is 6.69. The molecule has 4 aromatic carbocycles. The van der Waals surface area contributed by atoms with Crippen LogP contribution in [-0.4, -0.2) is 16.2 Å². The van der Waals surface area contributed by atoms with E-state index < -0.39 is 0 Å². The van der Waals surface area contributed by atoms with E-state index in [1.54, 1.807) is 0 Å². The van der Waals surface area contributed by atoms with E-state index >= 15 is 0 Å². The number of para-hydroxylation sites is 1. The Labute approximate surface area is 259 Å². The van der Waals surface area contributed by atoms with Crippen molar-refractivity contribution in [3.63, 3.8) is 0 Å². The highest BCUT2D eigenvalue weighted by molar-refractivity contribution is 6.09. The van der Waals surface area contributed by atoms with Crippen LogP contribution in [0.25, 0.3) is 27.6 Å². The van der Waals surface area contributed by atoms with Crippen LogP contribution >= 0.6 is 0 Å². The van der Waals surface area contributed by atoms with Crippen LogP contribution < -0.4 is 14.5 Å². The lowest BCUT2D eigenvalue weighted by atomic mass is 9.88. The first kappa shape index (κ1) is 27.8. The van der Waals surface area contributed by atoms with E-state index in [1.165, 1.54) is 38.7 Å². The summed E-state index contributed by atoms with van der Waals surface area (Å²) in [6, 6.07) is 31.9. The highest BCUT2D eigenvalue weighted by Crippen LogP contribution is 2.37. The van der Waals surface area contributed by atoms with Gasteiger partial charge in [-0.25, -0.2) is 4.98 Å². The van der Waals surface area contributed by atoms with Crippen LogP contribution in [-0.2, 0) is 5.41 Å². The molecule has 44 heavy (non-hydrogen) atoms. The molecule has 0 fully saturated rings. The van der Waals surface area contributed by atoms with Gasteiger partial charge in [-0.1, -0.05) is 57.2 Å². The normalized spacial score (nSPS) is 13.4. The van der Waals surface area contributed by atoms with Gasteiger partial charge in [0.05, 0.1) is 17.7 Å². The Balaban J connectivity index is 1.21. The molecule has 0 radical (unpaired) electrons. The number of hydrogen-bond acceptors (Lipinski definition) is 4. The van der Waals surface area contributed by atoms with Crippen molar-refractivity contribution in [3.05, 3.63) is 132 Å². The van der Waals surface area contributed by atoms with Gasteiger partial charge in [0.1, 0.15) is 17.3 Å². The van der Waals surface area contributed by atoms with Crippen molar-refractivity contribution in [2.24, 2.45) is 0 Å². The van der Waals surface area contributed by atoms with Crippen LogP contribution in [0.1, 0.15) is 43.0 Å². The molecular formula is C39H38N4O. The highest BCUT2D eigenvalue weighted by Gasteiger charge is 2.21. The molecule has 5 heteroatoms. The minimum absolute atomic E-state index is 0.0228. The predicted molar refractivity (Wildman–Crippen MR) is 183 cm³/mol. The number of pyridine rings is 1. The summed E-state index contributed by atoms with van der Waals surface area (Å²) in [4.78, 5) is 9.39. The van der Waals surface area contributed by atoms with Crippen LogP contribution in [0.3, 0.4) is 0 Å². The summed E-state index contributed by atoms with van der Waals surface area (Å²) in [6.45, 7) is 14.0. The predicted octanol–water partition coefficient (Wildman–Crippen LogP) is 9.95. The summed E-state index contributed by atoms with van der Waals surface area (Å²) in [5.74, 6) is 2.50. The number of anilines is 2. The van der Waals surface area contributed by atoms with Gasteiger partial charge >= 0.3 is 0 Å². The lowest BCUT2D eigenvalue weighted by molar-refractivity contribution is 0.483. The third kappa shape index (κ3) is 4.88. The van der Waals surface area contributed by atoms with Crippen LogP contribution in [0.5, 0.6) is 11.5 Å². The topological polar surface area (TPSA) is 33.5 Å². The number of rotatable bonds is 5. The van der Waals surface area contributed by atoms with Crippen LogP contribution in [0.15, 0.2) is 110 Å². The Morgan fingerprint density at radius 3 is 2.27 bits per heavy atom. The van der Waals surface area contributed by atoms with E-state index in [-0.39, 0.29) is 5.41 Å². The van der Waals surface area contributed by atoms with Gasteiger partial charge in [0, 0.05) is 52.9 Å². The number of ether oxygens (including phenoxy) is 1. The second-order valence-corrected chi connectivity index (χ2v) is 12.8. The highest BCUT2D eigenvalue weighted by atomic mass is 16.5. The molecule has 0 atom stereocenters. The summed E-state index contributed by atoms with van der Waals surface area (Å²) in [5, 5.41) is 2.37. The smallest absolute Gasteiger partial charge is 0.137 e. The Morgan fingerprint density at radius 2 is 1.43 bits per heavy atom. The monoisotopic (exact) mass is 578 g/mol. The number of benzene rings is 4. The van der Waals surface area contributed by atoms with Gasteiger partial charge in [-0.2, -0.15) is 0 Å². The standard InChI is InChI=1S/C39H38N4O/c1-26-14-15-27(2)38(28(26)3)42-21-20-41(25-42)30-10-9-11-31(23-30)44-32-16-17-34-33-12-7-8-13-35(33)43(36(34)24-32)37-22-29(18-19-40-37)39(4,5)6/h7-24H,25H2,1-6H3. The van der Waals surface area contributed by atoms with Gasteiger partial charge in [0.15, 0.2) is 0 Å². The van der Waals surface area contributed by atoms with Crippen molar-refractivity contribution in [3.8, 4) is 17.3 Å². The molecule has 5 nitrogen and oxygen atoms in total. The van der Waals surface area contributed by atoms with Gasteiger partial charge in [0.2, 0.25) is 0 Å². The van der Waals surface area contributed by atoms with Crippen molar-refractivity contribution in [1.29, 1.82) is 0 Å². The SMILES string of the molecule is Cc1ccc(C)c(N2C=CN(c3cccc(Oc4ccc5c6ccccc6n(-c6cc(C(C)(C)C)ccn6)c5c4)c3)C2)c1C. The molecule has 220 valence electrons. The molecule has 2 aromatic heterocycles. The summed E-state index contributed by atoms with van der Waals surface area (Å²) in [7, 11) is 0. The zero-order chi connectivity index (χ0) is 30.6. The molecule has 0 bridgehead atoms. The van der Waals surface area contributed by atoms with E-state index in [2.05, 4.69) is 153 Å². The number of aromatic nitrogens is 2. The van der Waals surface area contributed by atoms with Gasteiger partial charge in [0.25, 0.3) is 0 Å². The summed E-state index contributed by atoms with van der Waals surface area (Å²) in [6.07, 6.45) is 6.22. The molecule has 3 heterocycles. The minimum Gasteiger partial charge on any atom is -0.457 e. The summed E-state index contributed by atoms with van der Waals surface area (Å²) >= 11 is 0. The van der Waals surface area contributed by atoms with Crippen molar-refractivity contribution in [2.45, 2.75) is 47.0 Å². The lowest BCUT2D eigenvalue weighted by Gasteiger charge is -2.25. The van der Waals surface area contributed by atoms with Gasteiger partial charge in [-0.05, 0) is 90.9 Å². The molecule has 0 unspecified atom stereocenters. The fourth-order valence-electron chi connectivity index (χ4n) is 6.24. The summed E-state index contributed by atoms with van der Waals surface area (Å²) in [5.41, 5.74) is 9.75. The molecule has 1 aliphatic rings. The first-order valence-corrected chi connectivity index (χ1v) is 15.2. The molecule has 0 N–H and O–H groups in total. The second-order valence-electron chi connectivity index (χ2n) is 12.8. The Hall–Kier alpha value is -5.03. The molecule has 0 aliphatic carbocycles. The minimum atomic E-state index is 0.0228. The second kappa shape index (κ2) is 10.6. The fraction of sp³-hybridized carbons (Fsp3) is 0.205. The van der Waals surface area contributed by atoms with E-state index in [4.69, 9.17) is 9.72 Å². The first-order valence-electron chi connectivity index (χ1n) is 15.2. The number of nitrogens with zero attached hydrogens (tertiary/aromatic N) is 4. The average molecular weight is 579 g/mol. The van der Waals surface area contributed by atoms with E-state index in [9.17, 15) is 0 Å². The zero-order valence-corrected chi connectivity index (χ0v) is 26.3. The summed E-state index contributed by atoms with van der Waals surface area (Å²) < 4.78 is 8.77. The van der Waals surface area contributed by atoms with Gasteiger partial charge in [-0.3, -0.25) is 4.57 Å². The number of fused-ring (bicyclic) bond motifs is 3. The fourth-order valence-corrected chi connectivity index (χ4v) is 6.24.